The third-order valence-corrected chi connectivity index (χ3v) is 5.18. The number of ether oxygens (including phenoxy) is 2. The minimum Gasteiger partial charge on any atom is -0.497 e. The van der Waals surface area contributed by atoms with Crippen LogP contribution in [0.2, 0.25) is 0 Å². The van der Waals surface area contributed by atoms with Crippen LogP contribution in [0.5, 0.6) is 11.5 Å². The van der Waals surface area contributed by atoms with Crippen molar-refractivity contribution in [1.82, 2.24) is 19.7 Å². The highest BCUT2D eigenvalue weighted by atomic mass is 16.5. The first-order valence-electron chi connectivity index (χ1n) is 10.1. The molecular weight excluding hydrogens is 366 g/mol. The molecule has 2 aromatic heterocycles. The Bertz CT molecular complexity index is 979. The molecule has 1 aliphatic carbocycles. The largest absolute Gasteiger partial charge is 0.497 e. The van der Waals surface area contributed by atoms with Crippen LogP contribution in [0.4, 0.5) is 5.82 Å². The first-order valence-corrected chi connectivity index (χ1v) is 10.1. The molecule has 2 heterocycles. The molecule has 0 saturated heterocycles. The predicted octanol–water partition coefficient (Wildman–Crippen LogP) is 4.22. The van der Waals surface area contributed by atoms with Crippen molar-refractivity contribution in [2.24, 2.45) is 0 Å². The summed E-state index contributed by atoms with van der Waals surface area (Å²) < 4.78 is 13.5. The maximum absolute atomic E-state index is 6.28. The highest BCUT2D eigenvalue weighted by Gasteiger charge is 2.18. The van der Waals surface area contributed by atoms with Crippen LogP contribution >= 0.6 is 0 Å². The van der Waals surface area contributed by atoms with Crippen molar-refractivity contribution in [3.63, 3.8) is 0 Å². The van der Waals surface area contributed by atoms with Gasteiger partial charge in [0.2, 0.25) is 0 Å². The number of rotatable bonds is 7. The average Bonchev–Trinajstić information content (AvgIpc) is 3.36. The Morgan fingerprint density at radius 1 is 1.14 bits per heavy atom. The van der Waals surface area contributed by atoms with Gasteiger partial charge in [0.25, 0.3) is 0 Å². The minimum absolute atomic E-state index is 0.287. The fraction of sp³-hybridized carbons (Fsp3) is 0.409. The van der Waals surface area contributed by atoms with E-state index in [2.05, 4.69) is 20.4 Å². The molecule has 152 valence electrons. The molecule has 1 aromatic carbocycles. The Labute approximate surface area is 171 Å². The normalized spacial score (nSPS) is 14.2. The lowest BCUT2D eigenvalue weighted by Crippen LogP contribution is -2.13. The molecule has 3 aromatic rings. The van der Waals surface area contributed by atoms with Crippen LogP contribution in [-0.4, -0.2) is 33.0 Å². The number of hydrogen-bond donors (Lipinski definition) is 1. The number of nitrogens with zero attached hydrogens (tertiary/aromatic N) is 4. The van der Waals surface area contributed by atoms with E-state index >= 15 is 0 Å². The molecule has 4 rings (SSSR count). The van der Waals surface area contributed by atoms with Crippen molar-refractivity contribution in [1.29, 1.82) is 0 Å². The first kappa shape index (κ1) is 19.2. The second-order valence-electron chi connectivity index (χ2n) is 7.45. The van der Waals surface area contributed by atoms with Gasteiger partial charge in [0.15, 0.2) is 5.82 Å². The predicted molar refractivity (Wildman–Crippen MR) is 112 cm³/mol. The first-order chi connectivity index (χ1) is 14.1. The van der Waals surface area contributed by atoms with Crippen LogP contribution < -0.4 is 14.8 Å². The van der Waals surface area contributed by atoms with Gasteiger partial charge in [-0.3, -0.25) is 4.98 Å². The summed E-state index contributed by atoms with van der Waals surface area (Å²) in [5.41, 5.74) is 3.04. The van der Waals surface area contributed by atoms with Crippen LogP contribution in [-0.2, 0) is 6.54 Å². The summed E-state index contributed by atoms with van der Waals surface area (Å²) >= 11 is 0. The topological polar surface area (TPSA) is 74.1 Å². The summed E-state index contributed by atoms with van der Waals surface area (Å²) in [5.74, 6) is 3.05. The number of nitrogens with one attached hydrogen (secondary N) is 1. The van der Waals surface area contributed by atoms with Crippen LogP contribution in [0.15, 0.2) is 36.7 Å². The van der Waals surface area contributed by atoms with Gasteiger partial charge in [-0.2, -0.15) is 5.10 Å². The molecule has 1 aliphatic rings. The number of benzene rings is 1. The van der Waals surface area contributed by atoms with E-state index in [0.29, 0.717) is 18.2 Å². The summed E-state index contributed by atoms with van der Waals surface area (Å²) in [6.45, 7) is 4.56. The number of methoxy groups -OCH3 is 1. The fourth-order valence-electron chi connectivity index (χ4n) is 3.69. The molecule has 1 saturated carbocycles. The summed E-state index contributed by atoms with van der Waals surface area (Å²) in [6.07, 6.45) is 8.41. The van der Waals surface area contributed by atoms with Gasteiger partial charge in [-0.05, 0) is 57.7 Å². The van der Waals surface area contributed by atoms with Gasteiger partial charge in [0, 0.05) is 23.9 Å². The van der Waals surface area contributed by atoms with Gasteiger partial charge in [0.1, 0.15) is 17.3 Å². The molecule has 0 atom stereocenters. The van der Waals surface area contributed by atoms with E-state index in [9.17, 15) is 0 Å². The van der Waals surface area contributed by atoms with Crippen LogP contribution in [0, 0.1) is 13.8 Å². The van der Waals surface area contributed by atoms with Gasteiger partial charge < -0.3 is 14.8 Å². The lowest BCUT2D eigenvalue weighted by molar-refractivity contribution is 0.207. The zero-order valence-electron chi connectivity index (χ0n) is 17.2. The Kier molecular flexibility index (Phi) is 5.64. The maximum atomic E-state index is 6.28. The zero-order chi connectivity index (χ0) is 20.2. The van der Waals surface area contributed by atoms with E-state index in [4.69, 9.17) is 9.47 Å². The van der Waals surface area contributed by atoms with Crippen molar-refractivity contribution < 1.29 is 9.47 Å². The van der Waals surface area contributed by atoms with Gasteiger partial charge in [-0.1, -0.05) is 0 Å². The van der Waals surface area contributed by atoms with E-state index < -0.39 is 0 Å². The highest BCUT2D eigenvalue weighted by Crippen LogP contribution is 2.30. The van der Waals surface area contributed by atoms with Gasteiger partial charge in [0.05, 0.1) is 31.3 Å². The Morgan fingerprint density at radius 3 is 2.69 bits per heavy atom. The monoisotopic (exact) mass is 393 g/mol. The zero-order valence-corrected chi connectivity index (χ0v) is 17.2. The molecule has 0 bridgehead atoms. The Morgan fingerprint density at radius 2 is 1.97 bits per heavy atom. The summed E-state index contributed by atoms with van der Waals surface area (Å²) in [5, 5.41) is 7.85. The van der Waals surface area contributed by atoms with Gasteiger partial charge in [-0.25, -0.2) is 9.67 Å². The van der Waals surface area contributed by atoms with Crippen molar-refractivity contribution in [3.05, 3.63) is 53.6 Å². The molecule has 7 heteroatoms. The second kappa shape index (κ2) is 8.51. The van der Waals surface area contributed by atoms with E-state index in [1.165, 1.54) is 12.8 Å². The van der Waals surface area contributed by atoms with E-state index in [0.717, 1.165) is 41.3 Å². The van der Waals surface area contributed by atoms with Gasteiger partial charge in [-0.15, -0.1) is 0 Å². The van der Waals surface area contributed by atoms with E-state index in [-0.39, 0.29) is 6.10 Å². The van der Waals surface area contributed by atoms with Crippen molar-refractivity contribution in [3.8, 4) is 17.3 Å². The molecule has 0 spiro atoms. The van der Waals surface area contributed by atoms with Crippen LogP contribution in [0.3, 0.4) is 0 Å². The van der Waals surface area contributed by atoms with Gasteiger partial charge >= 0.3 is 0 Å². The molecule has 0 unspecified atom stereocenters. The molecule has 29 heavy (non-hydrogen) atoms. The number of aromatic nitrogens is 4. The smallest absolute Gasteiger partial charge is 0.174 e. The highest BCUT2D eigenvalue weighted by molar-refractivity contribution is 5.44. The Balaban J connectivity index is 1.51. The number of hydrogen-bond acceptors (Lipinski definition) is 6. The molecule has 1 N–H and O–H groups in total. The molecule has 0 amide bonds. The van der Waals surface area contributed by atoms with Crippen molar-refractivity contribution in [2.75, 3.05) is 12.4 Å². The SMILES string of the molecule is COc1ccc(CNc2cncc(-n3nc(C)cc3C)n2)c(OC2CCCC2)c1. The lowest BCUT2D eigenvalue weighted by atomic mass is 10.1. The van der Waals surface area contributed by atoms with Crippen LogP contribution in [0.25, 0.3) is 5.82 Å². The maximum Gasteiger partial charge on any atom is 0.174 e. The summed E-state index contributed by atoms with van der Waals surface area (Å²) in [4.78, 5) is 8.98. The third-order valence-electron chi connectivity index (χ3n) is 5.18. The molecule has 0 aliphatic heterocycles. The fourth-order valence-corrected chi connectivity index (χ4v) is 3.69. The molecule has 7 nitrogen and oxygen atoms in total. The Hall–Kier alpha value is -3.09. The minimum atomic E-state index is 0.287. The standard InChI is InChI=1S/C22H27N5O2/c1-15-10-16(2)27(26-15)22-14-23-13-21(25-22)24-12-17-8-9-19(28-3)11-20(17)29-18-6-4-5-7-18/h8-11,13-14,18H,4-7,12H2,1-3H3,(H,24,25). The van der Waals surface area contributed by atoms with E-state index in [1.54, 1.807) is 24.2 Å². The summed E-state index contributed by atoms with van der Waals surface area (Å²) in [6, 6.07) is 7.98. The number of aryl methyl sites for hydroxylation is 2. The van der Waals surface area contributed by atoms with E-state index in [1.807, 2.05) is 38.1 Å². The average molecular weight is 393 g/mol. The van der Waals surface area contributed by atoms with Crippen molar-refractivity contribution >= 4 is 5.82 Å². The van der Waals surface area contributed by atoms with Crippen LogP contribution in [0.1, 0.15) is 42.6 Å². The van der Waals surface area contributed by atoms with Crippen molar-refractivity contribution in [2.45, 2.75) is 52.2 Å². The third kappa shape index (κ3) is 4.50. The lowest BCUT2D eigenvalue weighted by Gasteiger charge is -2.18. The number of anilines is 1. The second-order valence-corrected chi connectivity index (χ2v) is 7.45. The quantitative estimate of drug-likeness (QED) is 0.648. The molecular formula is C22H27N5O2. The molecule has 1 fully saturated rings. The molecule has 0 radical (unpaired) electrons. The summed E-state index contributed by atoms with van der Waals surface area (Å²) in [7, 11) is 1.67.